The number of hydrogen-bond acceptors (Lipinski definition) is 4. The molecule has 24 heavy (non-hydrogen) atoms. The first-order valence-electron chi connectivity index (χ1n) is 7.98. The molecule has 0 aromatic heterocycles. The van der Waals surface area contributed by atoms with E-state index in [1.165, 1.54) is 0 Å². The Morgan fingerprint density at radius 2 is 1.96 bits per heavy atom. The van der Waals surface area contributed by atoms with Crippen molar-refractivity contribution in [2.75, 3.05) is 25.9 Å². The zero-order valence-corrected chi connectivity index (χ0v) is 15.8. The zero-order valence-electron chi connectivity index (χ0n) is 14.1. The number of benzene rings is 1. The number of halogens is 1. The predicted octanol–water partition coefficient (Wildman–Crippen LogP) is 1.37. The molecule has 0 saturated carbocycles. The van der Waals surface area contributed by atoms with Crippen LogP contribution in [-0.2, 0) is 16.6 Å². The average molecular weight is 376 g/mol. The quantitative estimate of drug-likeness (QED) is 0.754. The standard InChI is InChI=1S/C16H25N3O3S.ClH/c1-3-23(21,22)18-11-13-6-8-14(9-7-13)16(20)19-10-4-5-15(19)12-17-2;/h6-9,15,17-18H,3-5,10-12H2,1-2H3;1H. The summed E-state index contributed by atoms with van der Waals surface area (Å²) in [5.41, 5.74) is 1.49. The molecule has 1 aliphatic rings. The van der Waals surface area contributed by atoms with E-state index in [2.05, 4.69) is 10.0 Å². The molecule has 1 heterocycles. The number of likely N-dealkylation sites (tertiary alicyclic amines) is 1. The summed E-state index contributed by atoms with van der Waals surface area (Å²) >= 11 is 0. The van der Waals surface area contributed by atoms with Crippen LogP contribution in [0.5, 0.6) is 0 Å². The van der Waals surface area contributed by atoms with Crippen molar-refractivity contribution in [3.05, 3.63) is 35.4 Å². The number of likely N-dealkylation sites (N-methyl/N-ethyl adjacent to an activating group) is 1. The van der Waals surface area contributed by atoms with Crippen LogP contribution in [0.1, 0.15) is 35.7 Å². The summed E-state index contributed by atoms with van der Waals surface area (Å²) in [7, 11) is -1.31. The van der Waals surface area contributed by atoms with Gasteiger partial charge in [-0.05, 0) is 44.5 Å². The second kappa shape index (κ2) is 9.36. The molecule has 2 rings (SSSR count). The number of nitrogens with one attached hydrogen (secondary N) is 2. The van der Waals surface area contributed by atoms with E-state index in [0.29, 0.717) is 5.56 Å². The van der Waals surface area contributed by atoms with E-state index < -0.39 is 10.0 Å². The Morgan fingerprint density at radius 1 is 1.29 bits per heavy atom. The van der Waals surface area contributed by atoms with Gasteiger partial charge in [0.2, 0.25) is 10.0 Å². The minimum atomic E-state index is -3.20. The van der Waals surface area contributed by atoms with Crippen LogP contribution < -0.4 is 10.0 Å². The minimum Gasteiger partial charge on any atom is -0.334 e. The van der Waals surface area contributed by atoms with Gasteiger partial charge >= 0.3 is 0 Å². The molecule has 0 radical (unpaired) electrons. The van der Waals surface area contributed by atoms with Crippen LogP contribution in [0.25, 0.3) is 0 Å². The Hall–Kier alpha value is -1.15. The Morgan fingerprint density at radius 3 is 2.54 bits per heavy atom. The molecule has 0 aliphatic carbocycles. The molecule has 1 atom stereocenters. The number of hydrogen-bond donors (Lipinski definition) is 2. The van der Waals surface area contributed by atoms with Gasteiger partial charge in [0.05, 0.1) is 5.75 Å². The summed E-state index contributed by atoms with van der Waals surface area (Å²) < 4.78 is 25.4. The van der Waals surface area contributed by atoms with Gasteiger partial charge in [-0.2, -0.15) is 0 Å². The molecule has 1 aliphatic heterocycles. The molecule has 1 amide bonds. The van der Waals surface area contributed by atoms with E-state index in [1.807, 2.05) is 11.9 Å². The third-order valence-electron chi connectivity index (χ3n) is 4.15. The Labute approximate surface area is 150 Å². The monoisotopic (exact) mass is 375 g/mol. The van der Waals surface area contributed by atoms with Crippen molar-refractivity contribution >= 4 is 28.3 Å². The fraction of sp³-hybridized carbons (Fsp3) is 0.562. The molecule has 136 valence electrons. The topological polar surface area (TPSA) is 78.5 Å². The molecule has 1 unspecified atom stereocenters. The first kappa shape index (κ1) is 20.9. The minimum absolute atomic E-state index is 0. The normalized spacial score (nSPS) is 17.6. The molecule has 1 fully saturated rings. The number of amides is 1. The summed E-state index contributed by atoms with van der Waals surface area (Å²) in [6.45, 7) is 3.45. The highest BCUT2D eigenvalue weighted by Crippen LogP contribution is 2.20. The van der Waals surface area contributed by atoms with E-state index in [0.717, 1.165) is 31.5 Å². The molecule has 2 N–H and O–H groups in total. The van der Waals surface area contributed by atoms with Crippen LogP contribution in [0.4, 0.5) is 0 Å². The Balaban J connectivity index is 0.00000288. The molecular weight excluding hydrogens is 350 g/mol. The van der Waals surface area contributed by atoms with Gasteiger partial charge < -0.3 is 10.2 Å². The number of carbonyl (C=O) groups excluding carboxylic acids is 1. The van der Waals surface area contributed by atoms with E-state index in [1.54, 1.807) is 31.2 Å². The summed E-state index contributed by atoms with van der Waals surface area (Å²) in [6.07, 6.45) is 2.07. The van der Waals surface area contributed by atoms with Crippen LogP contribution in [0.3, 0.4) is 0 Å². The third kappa shape index (κ3) is 5.44. The van der Waals surface area contributed by atoms with Crippen molar-refractivity contribution in [3.8, 4) is 0 Å². The molecule has 1 saturated heterocycles. The summed E-state index contributed by atoms with van der Waals surface area (Å²) in [6, 6.07) is 7.39. The molecule has 0 spiro atoms. The highest BCUT2D eigenvalue weighted by Gasteiger charge is 2.28. The second-order valence-electron chi connectivity index (χ2n) is 5.77. The second-order valence-corrected chi connectivity index (χ2v) is 7.87. The first-order valence-corrected chi connectivity index (χ1v) is 9.64. The lowest BCUT2D eigenvalue weighted by Crippen LogP contribution is -2.40. The maximum atomic E-state index is 12.6. The van der Waals surface area contributed by atoms with E-state index in [4.69, 9.17) is 0 Å². The van der Waals surface area contributed by atoms with Crippen LogP contribution >= 0.6 is 12.4 Å². The molecule has 0 bridgehead atoms. The van der Waals surface area contributed by atoms with Crippen molar-refractivity contribution in [2.24, 2.45) is 0 Å². The zero-order chi connectivity index (χ0) is 16.9. The van der Waals surface area contributed by atoms with Crippen molar-refractivity contribution in [1.82, 2.24) is 14.9 Å². The van der Waals surface area contributed by atoms with Crippen molar-refractivity contribution in [3.63, 3.8) is 0 Å². The first-order chi connectivity index (χ1) is 11.0. The summed E-state index contributed by atoms with van der Waals surface area (Å²) in [5.74, 6) is 0.106. The highest BCUT2D eigenvalue weighted by atomic mass is 35.5. The van der Waals surface area contributed by atoms with Crippen LogP contribution in [0.15, 0.2) is 24.3 Å². The number of rotatable bonds is 7. The van der Waals surface area contributed by atoms with Gasteiger partial charge in [0.15, 0.2) is 0 Å². The van der Waals surface area contributed by atoms with Gasteiger partial charge in [-0.1, -0.05) is 12.1 Å². The Bertz CT molecular complexity index is 634. The lowest BCUT2D eigenvalue weighted by molar-refractivity contribution is 0.0737. The van der Waals surface area contributed by atoms with Gasteiger partial charge in [-0.3, -0.25) is 4.79 Å². The van der Waals surface area contributed by atoms with Crippen LogP contribution in [0.2, 0.25) is 0 Å². The number of carbonyl (C=O) groups is 1. The fourth-order valence-corrected chi connectivity index (χ4v) is 3.37. The lowest BCUT2D eigenvalue weighted by Gasteiger charge is -2.24. The van der Waals surface area contributed by atoms with Crippen molar-refractivity contribution < 1.29 is 13.2 Å². The SMILES string of the molecule is CCS(=O)(=O)NCc1ccc(C(=O)N2CCCC2CNC)cc1.Cl. The largest absolute Gasteiger partial charge is 0.334 e. The van der Waals surface area contributed by atoms with Crippen molar-refractivity contribution in [1.29, 1.82) is 0 Å². The van der Waals surface area contributed by atoms with E-state index in [-0.39, 0.29) is 36.7 Å². The maximum Gasteiger partial charge on any atom is 0.254 e. The molecule has 6 nitrogen and oxygen atoms in total. The lowest BCUT2D eigenvalue weighted by atomic mass is 10.1. The molecule has 1 aromatic carbocycles. The van der Waals surface area contributed by atoms with Gasteiger partial charge in [0, 0.05) is 31.2 Å². The van der Waals surface area contributed by atoms with E-state index in [9.17, 15) is 13.2 Å². The molecule has 1 aromatic rings. The molecule has 8 heteroatoms. The van der Waals surface area contributed by atoms with Gasteiger partial charge in [-0.25, -0.2) is 13.1 Å². The predicted molar refractivity (Wildman–Crippen MR) is 98.0 cm³/mol. The summed E-state index contributed by atoms with van der Waals surface area (Å²) in [4.78, 5) is 14.5. The smallest absolute Gasteiger partial charge is 0.254 e. The van der Waals surface area contributed by atoms with Gasteiger partial charge in [0.1, 0.15) is 0 Å². The summed E-state index contributed by atoms with van der Waals surface area (Å²) in [5, 5.41) is 3.13. The maximum absolute atomic E-state index is 12.6. The van der Waals surface area contributed by atoms with E-state index >= 15 is 0 Å². The third-order valence-corrected chi connectivity index (χ3v) is 5.50. The number of sulfonamides is 1. The van der Waals surface area contributed by atoms with Gasteiger partial charge in [-0.15, -0.1) is 12.4 Å². The van der Waals surface area contributed by atoms with Crippen LogP contribution in [-0.4, -0.2) is 51.2 Å². The van der Waals surface area contributed by atoms with Gasteiger partial charge in [0.25, 0.3) is 5.91 Å². The fourth-order valence-electron chi connectivity index (χ4n) is 2.78. The van der Waals surface area contributed by atoms with Crippen LogP contribution in [0, 0.1) is 0 Å². The molecular formula is C16H26ClN3O3S. The number of nitrogens with zero attached hydrogens (tertiary/aromatic N) is 1. The Kier molecular flexibility index (Phi) is 8.15. The average Bonchev–Trinajstić information content (AvgIpc) is 3.01. The van der Waals surface area contributed by atoms with Crippen molar-refractivity contribution in [2.45, 2.75) is 32.4 Å². The highest BCUT2D eigenvalue weighted by molar-refractivity contribution is 7.89.